The van der Waals surface area contributed by atoms with Crippen LogP contribution < -0.4 is 5.56 Å². The van der Waals surface area contributed by atoms with E-state index in [0.717, 1.165) is 28.0 Å². The van der Waals surface area contributed by atoms with Gasteiger partial charge in [-0.25, -0.2) is 9.78 Å². The van der Waals surface area contributed by atoms with Crippen molar-refractivity contribution in [3.8, 4) is 27.5 Å². The summed E-state index contributed by atoms with van der Waals surface area (Å²) < 4.78 is 1.25. The monoisotopic (exact) mass is 363 g/mol. The second kappa shape index (κ2) is 6.45. The first-order chi connectivity index (χ1) is 12.6. The van der Waals surface area contributed by atoms with Crippen molar-refractivity contribution in [3.63, 3.8) is 0 Å². The Kier molecular flexibility index (Phi) is 3.98. The van der Waals surface area contributed by atoms with Crippen LogP contribution in [0.1, 0.15) is 10.5 Å². The van der Waals surface area contributed by atoms with E-state index in [4.69, 9.17) is 5.11 Å². The van der Waals surface area contributed by atoms with Crippen LogP contribution in [-0.2, 0) is 0 Å². The second-order valence-corrected chi connectivity index (χ2v) is 6.45. The topological polar surface area (TPSA) is 88.0 Å². The Morgan fingerprint density at radius 3 is 2.46 bits per heavy atom. The Bertz CT molecular complexity index is 1140. The zero-order chi connectivity index (χ0) is 18.1. The van der Waals surface area contributed by atoms with Gasteiger partial charge in [0, 0.05) is 17.0 Å². The van der Waals surface area contributed by atoms with Crippen molar-refractivity contribution >= 4 is 17.3 Å². The number of aromatic carboxylic acids is 1. The van der Waals surface area contributed by atoms with E-state index in [1.807, 2.05) is 54.6 Å². The maximum atomic E-state index is 12.3. The molecule has 0 saturated heterocycles. The molecule has 0 bridgehead atoms. The van der Waals surface area contributed by atoms with E-state index in [1.165, 1.54) is 16.1 Å². The predicted octanol–water partition coefficient (Wildman–Crippen LogP) is 3.65. The second-order valence-electron chi connectivity index (χ2n) is 5.61. The third-order valence-electron chi connectivity index (χ3n) is 3.90. The lowest BCUT2D eigenvalue weighted by Crippen LogP contribution is -2.13. The van der Waals surface area contributed by atoms with Gasteiger partial charge in [-0.3, -0.25) is 9.89 Å². The highest BCUT2D eigenvalue weighted by atomic mass is 32.1. The Balaban J connectivity index is 1.73. The van der Waals surface area contributed by atoms with Crippen LogP contribution in [0, 0.1) is 0 Å². The van der Waals surface area contributed by atoms with Crippen LogP contribution in [0.5, 0.6) is 0 Å². The van der Waals surface area contributed by atoms with Gasteiger partial charge in [-0.05, 0) is 17.2 Å². The first-order valence-electron chi connectivity index (χ1n) is 7.79. The first-order valence-corrected chi connectivity index (χ1v) is 8.67. The molecule has 2 N–H and O–H groups in total. The average molecular weight is 363 g/mol. The summed E-state index contributed by atoms with van der Waals surface area (Å²) in [5.41, 5.74) is 3.24. The third-order valence-corrected chi connectivity index (χ3v) is 4.73. The predicted molar refractivity (Wildman–Crippen MR) is 99.9 cm³/mol. The lowest BCUT2D eigenvalue weighted by atomic mass is 10.0. The van der Waals surface area contributed by atoms with E-state index in [1.54, 1.807) is 0 Å². The van der Waals surface area contributed by atoms with Crippen molar-refractivity contribution in [3.05, 3.63) is 82.1 Å². The summed E-state index contributed by atoms with van der Waals surface area (Å²) in [7, 11) is 0. The number of nitrogens with zero attached hydrogens (tertiary/aromatic N) is 2. The molecule has 6 nitrogen and oxygen atoms in total. The van der Waals surface area contributed by atoms with Crippen molar-refractivity contribution < 1.29 is 9.90 Å². The highest BCUT2D eigenvalue weighted by Crippen LogP contribution is 2.25. The standard InChI is InChI=1S/C19H13N3O3S/c23-17-10-15(21-22(17)19-20-16(11-26-19)18(24)25)14-8-4-7-13(9-14)12-5-2-1-3-6-12/h1-11,21H,(H,24,25). The molecule has 2 heterocycles. The van der Waals surface area contributed by atoms with E-state index in [9.17, 15) is 9.59 Å². The smallest absolute Gasteiger partial charge is 0.355 e. The van der Waals surface area contributed by atoms with Gasteiger partial charge in [-0.2, -0.15) is 4.68 Å². The van der Waals surface area contributed by atoms with Gasteiger partial charge < -0.3 is 5.11 Å². The van der Waals surface area contributed by atoms with Gasteiger partial charge >= 0.3 is 5.97 Å². The molecular weight excluding hydrogens is 350 g/mol. The summed E-state index contributed by atoms with van der Waals surface area (Å²) in [6, 6.07) is 19.3. The zero-order valence-electron chi connectivity index (χ0n) is 13.4. The highest BCUT2D eigenvalue weighted by molar-refractivity contribution is 7.12. The van der Waals surface area contributed by atoms with Crippen LogP contribution in [0.15, 0.2) is 70.8 Å². The molecule has 0 spiro atoms. The van der Waals surface area contributed by atoms with Crippen LogP contribution in [0.3, 0.4) is 0 Å². The molecule has 4 rings (SSSR count). The molecule has 0 saturated carbocycles. The Morgan fingerprint density at radius 2 is 1.73 bits per heavy atom. The van der Waals surface area contributed by atoms with Gasteiger partial charge in [-0.1, -0.05) is 48.5 Å². The summed E-state index contributed by atoms with van der Waals surface area (Å²) in [6.07, 6.45) is 0. The summed E-state index contributed by atoms with van der Waals surface area (Å²) >= 11 is 1.09. The number of hydrogen-bond donors (Lipinski definition) is 2. The van der Waals surface area contributed by atoms with E-state index in [0.29, 0.717) is 5.69 Å². The van der Waals surface area contributed by atoms with E-state index in [2.05, 4.69) is 10.1 Å². The minimum atomic E-state index is -1.12. The van der Waals surface area contributed by atoms with E-state index in [-0.39, 0.29) is 16.4 Å². The Morgan fingerprint density at radius 1 is 1.00 bits per heavy atom. The quantitative estimate of drug-likeness (QED) is 0.579. The number of aromatic amines is 1. The van der Waals surface area contributed by atoms with Gasteiger partial charge in [0.05, 0.1) is 5.69 Å². The third kappa shape index (κ3) is 2.96. The molecule has 0 fully saturated rings. The van der Waals surface area contributed by atoms with Crippen LogP contribution >= 0.6 is 11.3 Å². The molecule has 7 heteroatoms. The molecule has 2 aromatic heterocycles. The molecule has 0 amide bonds. The Labute approximate surface area is 152 Å². The number of hydrogen-bond acceptors (Lipinski definition) is 4. The molecule has 0 atom stereocenters. The first kappa shape index (κ1) is 16.0. The SMILES string of the molecule is O=C(O)c1csc(-n2[nH]c(-c3cccc(-c4ccccc4)c3)cc2=O)n1. The fourth-order valence-corrected chi connectivity index (χ4v) is 3.41. The number of carbonyl (C=O) groups is 1. The summed E-state index contributed by atoms with van der Waals surface area (Å²) in [4.78, 5) is 27.2. The van der Waals surface area contributed by atoms with E-state index >= 15 is 0 Å². The van der Waals surface area contributed by atoms with Gasteiger partial charge in [0.25, 0.3) is 5.56 Å². The molecule has 128 valence electrons. The number of carboxylic acids is 1. The molecule has 0 aliphatic carbocycles. The number of benzene rings is 2. The van der Waals surface area contributed by atoms with Crippen molar-refractivity contribution in [2.75, 3.05) is 0 Å². The molecule has 0 unspecified atom stereocenters. The maximum absolute atomic E-state index is 12.3. The lowest BCUT2D eigenvalue weighted by Gasteiger charge is -2.04. The summed E-state index contributed by atoms with van der Waals surface area (Å²) in [6.45, 7) is 0. The lowest BCUT2D eigenvalue weighted by molar-refractivity contribution is 0.0691. The van der Waals surface area contributed by atoms with Gasteiger partial charge in [0.2, 0.25) is 5.13 Å². The molecule has 4 aromatic rings. The minimum Gasteiger partial charge on any atom is -0.476 e. The number of carboxylic acid groups (broad SMARTS) is 1. The highest BCUT2D eigenvalue weighted by Gasteiger charge is 2.14. The summed E-state index contributed by atoms with van der Waals surface area (Å²) in [5, 5.41) is 13.7. The zero-order valence-corrected chi connectivity index (χ0v) is 14.2. The molecule has 26 heavy (non-hydrogen) atoms. The van der Waals surface area contributed by atoms with Crippen LogP contribution in [0.2, 0.25) is 0 Å². The minimum absolute atomic E-state index is 0.0841. The molecule has 2 aromatic carbocycles. The Hall–Kier alpha value is -3.45. The van der Waals surface area contributed by atoms with E-state index < -0.39 is 5.97 Å². The van der Waals surface area contributed by atoms with Crippen molar-refractivity contribution in [1.29, 1.82) is 0 Å². The average Bonchev–Trinajstić information content (AvgIpc) is 3.29. The number of rotatable bonds is 4. The number of nitrogens with one attached hydrogen (secondary N) is 1. The number of aromatic nitrogens is 3. The molecule has 0 aliphatic rings. The molecule has 0 radical (unpaired) electrons. The number of thiazole rings is 1. The van der Waals surface area contributed by atoms with Crippen LogP contribution in [0.25, 0.3) is 27.5 Å². The maximum Gasteiger partial charge on any atom is 0.355 e. The van der Waals surface area contributed by atoms with Crippen molar-refractivity contribution in [2.45, 2.75) is 0 Å². The largest absolute Gasteiger partial charge is 0.476 e. The molecular formula is C19H13N3O3S. The normalized spacial score (nSPS) is 10.8. The van der Waals surface area contributed by atoms with Crippen molar-refractivity contribution in [1.82, 2.24) is 14.8 Å². The van der Waals surface area contributed by atoms with Gasteiger partial charge in [0.15, 0.2) is 5.69 Å². The molecule has 0 aliphatic heterocycles. The van der Waals surface area contributed by atoms with Crippen LogP contribution in [0.4, 0.5) is 0 Å². The number of H-pyrrole nitrogens is 1. The van der Waals surface area contributed by atoms with Gasteiger partial charge in [-0.15, -0.1) is 11.3 Å². The van der Waals surface area contributed by atoms with Crippen LogP contribution in [-0.4, -0.2) is 25.8 Å². The fraction of sp³-hybridized carbons (Fsp3) is 0. The summed E-state index contributed by atoms with van der Waals surface area (Å²) in [5.74, 6) is -1.12. The van der Waals surface area contributed by atoms with Gasteiger partial charge in [0.1, 0.15) is 0 Å². The van der Waals surface area contributed by atoms with Crippen molar-refractivity contribution in [2.24, 2.45) is 0 Å². The fourth-order valence-electron chi connectivity index (χ4n) is 2.65.